The molecule has 2 fully saturated rings. The second-order valence-electron chi connectivity index (χ2n) is 11.2. The molecule has 3 atom stereocenters. The number of esters is 1. The molecule has 1 saturated carbocycles. The molecule has 0 radical (unpaired) electrons. The van der Waals surface area contributed by atoms with E-state index in [1.807, 2.05) is 36.2 Å². The second kappa shape index (κ2) is 11.7. The highest BCUT2D eigenvalue weighted by Crippen LogP contribution is 2.54. The van der Waals surface area contributed by atoms with Crippen LogP contribution in [0.5, 0.6) is 5.75 Å². The van der Waals surface area contributed by atoms with E-state index < -0.39 is 11.0 Å². The van der Waals surface area contributed by atoms with Gasteiger partial charge in [0, 0.05) is 38.4 Å². The Bertz CT molecular complexity index is 1070. The van der Waals surface area contributed by atoms with Crippen LogP contribution in [0.4, 0.5) is 0 Å². The first-order valence-electron chi connectivity index (χ1n) is 13.7. The fraction of sp³-hybridized carbons (Fsp3) is 0.548. The van der Waals surface area contributed by atoms with E-state index in [0.29, 0.717) is 25.8 Å². The minimum atomic E-state index is -0.683. The predicted octanol–water partition coefficient (Wildman–Crippen LogP) is 5.08. The lowest BCUT2D eigenvalue weighted by atomic mass is 9.55. The van der Waals surface area contributed by atoms with Crippen molar-refractivity contribution in [3.63, 3.8) is 0 Å². The highest BCUT2D eigenvalue weighted by molar-refractivity contribution is 5.76. The summed E-state index contributed by atoms with van der Waals surface area (Å²) in [5, 5.41) is 10.3. The molecule has 0 aromatic heterocycles. The summed E-state index contributed by atoms with van der Waals surface area (Å²) in [6.07, 6.45) is 7.61. The van der Waals surface area contributed by atoms with Gasteiger partial charge in [0.15, 0.2) is 0 Å². The number of hydrogen-bond acceptors (Lipinski definition) is 5. The summed E-state index contributed by atoms with van der Waals surface area (Å²) in [5.41, 5.74) is 1.20. The van der Waals surface area contributed by atoms with Crippen molar-refractivity contribution in [2.75, 3.05) is 27.2 Å². The largest absolute Gasteiger partial charge is 0.508 e. The first kappa shape index (κ1) is 27.2. The molecule has 1 amide bonds. The van der Waals surface area contributed by atoms with Crippen molar-refractivity contribution in [2.45, 2.75) is 81.8 Å². The van der Waals surface area contributed by atoms with Gasteiger partial charge in [-0.15, -0.1) is 0 Å². The number of ether oxygens (including phenoxy) is 1. The van der Waals surface area contributed by atoms with Crippen LogP contribution in [0.2, 0.25) is 0 Å². The third-order valence-corrected chi connectivity index (χ3v) is 8.66. The second-order valence-corrected chi connectivity index (χ2v) is 11.2. The lowest BCUT2D eigenvalue weighted by Gasteiger charge is -2.59. The molecule has 1 aliphatic heterocycles. The fourth-order valence-corrected chi connectivity index (χ4v) is 6.71. The maximum atomic E-state index is 13.2. The third-order valence-electron chi connectivity index (χ3n) is 8.66. The van der Waals surface area contributed by atoms with Gasteiger partial charge in [0.25, 0.3) is 0 Å². The van der Waals surface area contributed by atoms with Crippen LogP contribution in [0.15, 0.2) is 54.6 Å². The fourth-order valence-electron chi connectivity index (χ4n) is 6.71. The van der Waals surface area contributed by atoms with Crippen LogP contribution in [-0.2, 0) is 26.2 Å². The number of likely N-dealkylation sites (tertiary alicyclic amines) is 1. The monoisotopic (exact) mass is 506 g/mol. The lowest BCUT2D eigenvalue weighted by Crippen LogP contribution is -2.68. The first-order chi connectivity index (χ1) is 17.7. The summed E-state index contributed by atoms with van der Waals surface area (Å²) in [7, 11) is 4.00. The lowest BCUT2D eigenvalue weighted by molar-refractivity contribution is -0.188. The van der Waals surface area contributed by atoms with E-state index in [9.17, 15) is 14.7 Å². The molecule has 4 rings (SSSR count). The molecule has 2 aliphatic rings. The van der Waals surface area contributed by atoms with E-state index in [0.717, 1.165) is 50.6 Å². The number of benzene rings is 2. The van der Waals surface area contributed by atoms with E-state index in [-0.39, 0.29) is 23.7 Å². The topological polar surface area (TPSA) is 70.1 Å². The average molecular weight is 507 g/mol. The molecule has 37 heavy (non-hydrogen) atoms. The van der Waals surface area contributed by atoms with Crippen molar-refractivity contribution in [1.82, 2.24) is 9.80 Å². The van der Waals surface area contributed by atoms with Gasteiger partial charge in [0.2, 0.25) is 5.91 Å². The molecule has 6 nitrogen and oxygen atoms in total. The van der Waals surface area contributed by atoms with Gasteiger partial charge in [0.05, 0.1) is 0 Å². The van der Waals surface area contributed by atoms with Gasteiger partial charge in [-0.05, 0) is 81.8 Å². The summed E-state index contributed by atoms with van der Waals surface area (Å²) in [6, 6.07) is 18.0. The Morgan fingerprint density at radius 3 is 2.59 bits per heavy atom. The van der Waals surface area contributed by atoms with Crippen molar-refractivity contribution in [3.8, 4) is 5.75 Å². The van der Waals surface area contributed by atoms with E-state index in [1.165, 1.54) is 12.5 Å². The summed E-state index contributed by atoms with van der Waals surface area (Å²) in [6.45, 7) is 2.99. The van der Waals surface area contributed by atoms with Crippen molar-refractivity contribution >= 4 is 11.9 Å². The number of aryl methyl sites for hydroxylation is 1. The van der Waals surface area contributed by atoms with Crippen LogP contribution in [0.25, 0.3) is 0 Å². The molecule has 0 bridgehead atoms. The molecule has 2 aromatic carbocycles. The van der Waals surface area contributed by atoms with Crippen LogP contribution in [0, 0.1) is 0 Å². The number of carbonyl (C=O) groups is 2. The van der Waals surface area contributed by atoms with Gasteiger partial charge in [-0.25, -0.2) is 0 Å². The maximum absolute atomic E-state index is 13.2. The summed E-state index contributed by atoms with van der Waals surface area (Å²) < 4.78 is 6.20. The minimum absolute atomic E-state index is 0.0613. The van der Waals surface area contributed by atoms with E-state index in [4.69, 9.17) is 4.74 Å². The van der Waals surface area contributed by atoms with Crippen LogP contribution in [-0.4, -0.2) is 65.6 Å². The zero-order valence-corrected chi connectivity index (χ0v) is 22.6. The molecule has 0 spiro atoms. The molecule has 1 saturated heterocycles. The number of phenolic OH excluding ortho intramolecular Hbond substituents is 1. The number of likely N-dealkylation sites (N-methyl/N-ethyl adjacent to an activating group) is 1. The molecular weight excluding hydrogens is 464 g/mol. The van der Waals surface area contributed by atoms with E-state index >= 15 is 0 Å². The molecule has 3 unspecified atom stereocenters. The summed E-state index contributed by atoms with van der Waals surface area (Å²) in [4.78, 5) is 29.7. The number of fused-ring (bicyclic) bond motifs is 1. The Morgan fingerprint density at radius 2 is 1.86 bits per heavy atom. The van der Waals surface area contributed by atoms with Crippen LogP contribution in [0.1, 0.15) is 69.4 Å². The molecule has 1 aliphatic carbocycles. The molecular formula is C31H42N2O4. The van der Waals surface area contributed by atoms with Crippen molar-refractivity contribution in [2.24, 2.45) is 0 Å². The first-order valence-corrected chi connectivity index (χ1v) is 13.7. The smallest absolute Gasteiger partial charge is 0.303 e. The van der Waals surface area contributed by atoms with Gasteiger partial charge < -0.3 is 19.6 Å². The Hall–Kier alpha value is -2.86. The molecule has 2 aromatic rings. The Morgan fingerprint density at radius 1 is 1.08 bits per heavy atom. The Kier molecular flexibility index (Phi) is 8.58. The Balaban J connectivity index is 1.46. The third kappa shape index (κ3) is 6.01. The van der Waals surface area contributed by atoms with Crippen molar-refractivity contribution < 1.29 is 19.4 Å². The van der Waals surface area contributed by atoms with Crippen LogP contribution in [0.3, 0.4) is 0 Å². The number of unbranched alkanes of at least 4 members (excludes halogenated alkanes) is 2. The van der Waals surface area contributed by atoms with Gasteiger partial charge in [-0.1, -0.05) is 48.9 Å². The number of nitrogens with zero attached hydrogens (tertiary/aromatic N) is 2. The average Bonchev–Trinajstić information content (AvgIpc) is 2.87. The number of phenols is 1. The standard InChI is InChI=1S/C31H42N2O4/c1-24(34)37-31-18-17-27(33(3)29(36)16-9-5-8-13-25-11-6-4-7-12-25)22-30(31,19-20-32(2)23-31)26-14-10-15-28(35)21-26/h4,6-7,10-12,14-15,21,27,35H,5,8-9,13,16-20,22-23H2,1-3H3. The zero-order valence-electron chi connectivity index (χ0n) is 22.6. The maximum Gasteiger partial charge on any atom is 0.303 e. The number of aromatic hydroxyl groups is 1. The SMILES string of the molecule is CC(=O)OC12CCC(N(C)C(=O)CCCCCc3ccccc3)CC1(c1cccc(O)c1)CCN(C)C2. The number of amides is 1. The zero-order chi connectivity index (χ0) is 26.5. The van der Waals surface area contributed by atoms with Crippen molar-refractivity contribution in [1.29, 1.82) is 0 Å². The molecule has 1 heterocycles. The van der Waals surface area contributed by atoms with Gasteiger partial charge >= 0.3 is 5.97 Å². The highest BCUT2D eigenvalue weighted by Gasteiger charge is 2.60. The van der Waals surface area contributed by atoms with Crippen LogP contribution < -0.4 is 0 Å². The Labute approximate surface area is 221 Å². The quantitative estimate of drug-likeness (QED) is 0.379. The number of carbonyl (C=O) groups excluding carboxylic acids is 2. The van der Waals surface area contributed by atoms with E-state index in [2.05, 4.69) is 36.2 Å². The molecule has 200 valence electrons. The highest BCUT2D eigenvalue weighted by atomic mass is 16.6. The van der Waals surface area contributed by atoms with Gasteiger partial charge in [-0.3, -0.25) is 9.59 Å². The molecule has 6 heteroatoms. The van der Waals surface area contributed by atoms with E-state index in [1.54, 1.807) is 6.07 Å². The molecule has 1 N–H and O–H groups in total. The normalized spacial score (nSPS) is 25.8. The van der Waals surface area contributed by atoms with Crippen molar-refractivity contribution in [3.05, 3.63) is 65.7 Å². The van der Waals surface area contributed by atoms with Gasteiger partial charge in [-0.2, -0.15) is 0 Å². The predicted molar refractivity (Wildman–Crippen MR) is 145 cm³/mol. The summed E-state index contributed by atoms with van der Waals surface area (Å²) >= 11 is 0. The minimum Gasteiger partial charge on any atom is -0.508 e. The number of hydrogen-bond donors (Lipinski definition) is 1. The summed E-state index contributed by atoms with van der Waals surface area (Å²) in [5.74, 6) is 0.117. The van der Waals surface area contributed by atoms with Crippen LogP contribution >= 0.6 is 0 Å². The number of rotatable bonds is 9. The van der Waals surface area contributed by atoms with Gasteiger partial charge in [0.1, 0.15) is 11.4 Å². The number of piperidine rings is 1.